The summed E-state index contributed by atoms with van der Waals surface area (Å²) in [5.74, 6) is 1.02. The minimum Gasteiger partial charge on any atom is -0.496 e. The number of benzene rings is 2. The van der Waals surface area contributed by atoms with Crippen molar-refractivity contribution in [1.29, 1.82) is 0 Å². The number of thioether (sulfide) groups is 1. The number of aryl methyl sites for hydroxylation is 1. The van der Waals surface area contributed by atoms with Crippen molar-refractivity contribution in [2.45, 2.75) is 30.8 Å². The number of pyridine rings is 1. The molecule has 0 fully saturated rings. The molecule has 2 heterocycles. The second kappa shape index (κ2) is 9.87. The number of nitrogens with zero attached hydrogens (tertiary/aromatic N) is 3. The van der Waals surface area contributed by atoms with E-state index >= 15 is 0 Å². The van der Waals surface area contributed by atoms with Crippen LogP contribution in [0.4, 0.5) is 0 Å². The first kappa shape index (κ1) is 22.5. The second-order valence-electron chi connectivity index (χ2n) is 7.53. The summed E-state index contributed by atoms with van der Waals surface area (Å²) in [5, 5.41) is 3.36. The number of hydrogen-bond donors (Lipinski definition) is 1. The quantitative estimate of drug-likeness (QED) is 0.333. The van der Waals surface area contributed by atoms with Gasteiger partial charge in [0.2, 0.25) is 5.91 Å². The molecule has 0 radical (unpaired) electrons. The lowest BCUT2D eigenvalue weighted by atomic mass is 10.2. The van der Waals surface area contributed by atoms with Gasteiger partial charge in [0.1, 0.15) is 11.6 Å². The minimum atomic E-state index is -0.496. The number of carbonyl (C=O) groups is 1. The molecule has 4 rings (SSSR count). The smallest absolute Gasteiger partial charge is 0.267 e. The standard InChI is InChI=1S/C25H24N4O3S/c1-16-12-13-26-22(14-16)29-24(31)19-9-5-6-10-20(19)28-25(29)33-17(2)23(30)27-15-18-8-4-7-11-21(18)32-3/h4-14,17H,15H2,1-3H3,(H,27,30). The van der Waals surface area contributed by atoms with Crippen molar-refractivity contribution in [3.63, 3.8) is 0 Å². The van der Waals surface area contributed by atoms with Crippen LogP contribution in [0.3, 0.4) is 0 Å². The lowest BCUT2D eigenvalue weighted by Crippen LogP contribution is -2.31. The number of aromatic nitrogens is 3. The second-order valence-corrected chi connectivity index (χ2v) is 8.84. The molecule has 0 spiro atoms. The van der Waals surface area contributed by atoms with Crippen LogP contribution < -0.4 is 15.6 Å². The zero-order valence-corrected chi connectivity index (χ0v) is 19.4. The maximum atomic E-state index is 13.3. The fourth-order valence-corrected chi connectivity index (χ4v) is 4.36. The van der Waals surface area contributed by atoms with Crippen LogP contribution in [0.2, 0.25) is 0 Å². The average molecular weight is 461 g/mol. The van der Waals surface area contributed by atoms with Gasteiger partial charge in [-0.05, 0) is 49.7 Å². The van der Waals surface area contributed by atoms with Crippen LogP contribution in [-0.2, 0) is 11.3 Å². The van der Waals surface area contributed by atoms with Gasteiger partial charge < -0.3 is 10.1 Å². The first-order chi connectivity index (χ1) is 16.0. The summed E-state index contributed by atoms with van der Waals surface area (Å²) in [6, 6.07) is 18.4. The number of hydrogen-bond acceptors (Lipinski definition) is 6. The van der Waals surface area contributed by atoms with Crippen LogP contribution in [0.15, 0.2) is 76.8 Å². The fraction of sp³-hybridized carbons (Fsp3) is 0.200. The third kappa shape index (κ3) is 4.90. The predicted octanol–water partition coefficient (Wildman–Crippen LogP) is 3.89. The largest absolute Gasteiger partial charge is 0.496 e. The molecule has 1 N–H and O–H groups in total. The summed E-state index contributed by atoms with van der Waals surface area (Å²) in [6.07, 6.45) is 1.66. The summed E-state index contributed by atoms with van der Waals surface area (Å²) in [4.78, 5) is 35.3. The van der Waals surface area contributed by atoms with Gasteiger partial charge in [-0.3, -0.25) is 9.59 Å². The Morgan fingerprint density at radius 2 is 1.91 bits per heavy atom. The molecule has 2 aromatic carbocycles. The lowest BCUT2D eigenvalue weighted by molar-refractivity contribution is -0.120. The van der Waals surface area contributed by atoms with Crippen molar-refractivity contribution >= 4 is 28.6 Å². The molecule has 168 valence electrons. The lowest BCUT2D eigenvalue weighted by Gasteiger charge is -2.16. The van der Waals surface area contributed by atoms with E-state index in [1.54, 1.807) is 38.4 Å². The molecule has 8 heteroatoms. The monoisotopic (exact) mass is 460 g/mol. The van der Waals surface area contributed by atoms with Crippen molar-refractivity contribution in [1.82, 2.24) is 19.9 Å². The molecule has 0 saturated carbocycles. The molecule has 1 atom stereocenters. The molecule has 1 unspecified atom stereocenters. The van der Waals surface area contributed by atoms with E-state index in [-0.39, 0.29) is 11.5 Å². The van der Waals surface area contributed by atoms with Gasteiger partial charge in [0, 0.05) is 18.3 Å². The van der Waals surface area contributed by atoms with E-state index in [0.717, 1.165) is 11.1 Å². The molecule has 4 aromatic rings. The highest BCUT2D eigenvalue weighted by atomic mass is 32.2. The van der Waals surface area contributed by atoms with Gasteiger partial charge in [-0.25, -0.2) is 14.5 Å². The van der Waals surface area contributed by atoms with E-state index in [4.69, 9.17) is 9.72 Å². The Hall–Kier alpha value is -3.65. The molecular formula is C25H24N4O3S. The Morgan fingerprint density at radius 1 is 1.15 bits per heavy atom. The molecule has 7 nitrogen and oxygen atoms in total. The molecule has 0 aliphatic rings. The van der Waals surface area contributed by atoms with E-state index in [1.165, 1.54) is 16.3 Å². The van der Waals surface area contributed by atoms with Gasteiger partial charge in [-0.1, -0.05) is 42.1 Å². The molecule has 1 amide bonds. The fourth-order valence-electron chi connectivity index (χ4n) is 3.42. The molecular weight excluding hydrogens is 436 g/mol. The van der Waals surface area contributed by atoms with Crippen LogP contribution >= 0.6 is 11.8 Å². The molecule has 33 heavy (non-hydrogen) atoms. The average Bonchev–Trinajstić information content (AvgIpc) is 2.82. The normalized spacial score (nSPS) is 11.8. The Labute approximate surface area is 195 Å². The summed E-state index contributed by atoms with van der Waals surface area (Å²) in [6.45, 7) is 4.06. The highest BCUT2D eigenvalue weighted by molar-refractivity contribution is 8.00. The number of fused-ring (bicyclic) bond motifs is 1. The van der Waals surface area contributed by atoms with Crippen molar-refractivity contribution in [2.24, 2.45) is 0 Å². The van der Waals surface area contributed by atoms with E-state index in [1.807, 2.05) is 49.4 Å². The van der Waals surface area contributed by atoms with Crippen molar-refractivity contribution in [3.05, 3.63) is 88.3 Å². The van der Waals surface area contributed by atoms with Gasteiger partial charge in [-0.15, -0.1) is 0 Å². The van der Waals surface area contributed by atoms with Gasteiger partial charge in [-0.2, -0.15) is 0 Å². The summed E-state index contributed by atoms with van der Waals surface area (Å²) in [7, 11) is 1.60. The number of methoxy groups -OCH3 is 1. The van der Waals surface area contributed by atoms with Crippen LogP contribution in [-0.4, -0.2) is 32.8 Å². The van der Waals surface area contributed by atoms with E-state index in [2.05, 4.69) is 10.3 Å². The molecule has 0 aliphatic carbocycles. The third-order valence-corrected chi connectivity index (χ3v) is 6.22. The van der Waals surface area contributed by atoms with Crippen LogP contribution in [0.1, 0.15) is 18.1 Å². The van der Waals surface area contributed by atoms with Gasteiger partial charge in [0.25, 0.3) is 5.56 Å². The summed E-state index contributed by atoms with van der Waals surface area (Å²) >= 11 is 1.22. The van der Waals surface area contributed by atoms with Crippen LogP contribution in [0.5, 0.6) is 5.75 Å². The Kier molecular flexibility index (Phi) is 6.74. The minimum absolute atomic E-state index is 0.169. The van der Waals surface area contributed by atoms with Crippen molar-refractivity contribution in [2.75, 3.05) is 7.11 Å². The first-order valence-corrected chi connectivity index (χ1v) is 11.4. The zero-order chi connectivity index (χ0) is 23.4. The van der Waals surface area contributed by atoms with Crippen LogP contribution in [0.25, 0.3) is 16.7 Å². The molecule has 2 aromatic heterocycles. The molecule has 0 bridgehead atoms. The van der Waals surface area contributed by atoms with E-state index in [9.17, 15) is 9.59 Å². The number of rotatable bonds is 7. The van der Waals surface area contributed by atoms with E-state index < -0.39 is 5.25 Å². The Bertz CT molecular complexity index is 1370. The van der Waals surface area contributed by atoms with Gasteiger partial charge in [0.15, 0.2) is 5.16 Å². The number of amides is 1. The van der Waals surface area contributed by atoms with Crippen molar-refractivity contribution < 1.29 is 9.53 Å². The maximum Gasteiger partial charge on any atom is 0.267 e. The first-order valence-electron chi connectivity index (χ1n) is 10.5. The zero-order valence-electron chi connectivity index (χ0n) is 18.6. The van der Waals surface area contributed by atoms with E-state index in [0.29, 0.717) is 34.2 Å². The number of nitrogens with one attached hydrogen (secondary N) is 1. The van der Waals surface area contributed by atoms with Crippen LogP contribution in [0, 0.1) is 6.92 Å². The molecule has 0 saturated heterocycles. The van der Waals surface area contributed by atoms with Crippen molar-refractivity contribution in [3.8, 4) is 11.6 Å². The Morgan fingerprint density at radius 3 is 2.70 bits per heavy atom. The maximum absolute atomic E-state index is 13.3. The number of para-hydroxylation sites is 2. The SMILES string of the molecule is COc1ccccc1CNC(=O)C(C)Sc1nc2ccccc2c(=O)n1-c1cc(C)ccn1. The van der Waals surface area contributed by atoms with Gasteiger partial charge in [0.05, 0.1) is 23.3 Å². The molecule has 0 aliphatic heterocycles. The Balaban J connectivity index is 1.64. The highest BCUT2D eigenvalue weighted by Gasteiger charge is 2.21. The predicted molar refractivity (Wildman–Crippen MR) is 130 cm³/mol. The number of ether oxygens (including phenoxy) is 1. The van der Waals surface area contributed by atoms with Gasteiger partial charge >= 0.3 is 0 Å². The summed E-state index contributed by atoms with van der Waals surface area (Å²) in [5.41, 5.74) is 2.22. The topological polar surface area (TPSA) is 86.1 Å². The highest BCUT2D eigenvalue weighted by Crippen LogP contribution is 2.25. The summed E-state index contributed by atoms with van der Waals surface area (Å²) < 4.78 is 6.83. The third-order valence-electron chi connectivity index (χ3n) is 5.17. The number of carbonyl (C=O) groups excluding carboxylic acids is 1.